The summed E-state index contributed by atoms with van der Waals surface area (Å²) >= 11 is 0. The lowest BCUT2D eigenvalue weighted by molar-refractivity contribution is -0.137. The minimum atomic E-state index is -4.32. The lowest BCUT2D eigenvalue weighted by Gasteiger charge is -2.37. The number of carbonyl (C=O) groups is 1. The maximum atomic E-state index is 13.0. The number of rotatable bonds is 7. The van der Waals surface area contributed by atoms with E-state index in [4.69, 9.17) is 0 Å². The summed E-state index contributed by atoms with van der Waals surface area (Å²) in [6.45, 7) is 6.30. The number of piperazine rings is 1. The highest BCUT2D eigenvalue weighted by molar-refractivity contribution is 5.97. The van der Waals surface area contributed by atoms with Crippen LogP contribution in [0.2, 0.25) is 0 Å². The summed E-state index contributed by atoms with van der Waals surface area (Å²) in [6.07, 6.45) is -1.10. The number of ketones is 1. The van der Waals surface area contributed by atoms with E-state index in [0.29, 0.717) is 23.7 Å². The Morgan fingerprint density at radius 2 is 1.50 bits per heavy atom. The largest absolute Gasteiger partial charge is 0.416 e. The lowest BCUT2D eigenvalue weighted by atomic mass is 9.93. The highest BCUT2D eigenvalue weighted by Crippen LogP contribution is 2.32. The molecule has 0 amide bonds. The number of alkyl halides is 3. The molecule has 2 aliphatic heterocycles. The van der Waals surface area contributed by atoms with Gasteiger partial charge in [-0.05, 0) is 87.3 Å². The first-order valence-electron chi connectivity index (χ1n) is 11.9. The molecule has 2 saturated heterocycles. The third-order valence-corrected chi connectivity index (χ3v) is 7.01. The molecule has 2 aromatic rings. The van der Waals surface area contributed by atoms with Gasteiger partial charge in [-0.1, -0.05) is 6.07 Å². The van der Waals surface area contributed by atoms with Crippen LogP contribution < -0.4 is 4.90 Å². The molecule has 4 rings (SSSR count). The van der Waals surface area contributed by atoms with Crippen LogP contribution in [0.4, 0.5) is 23.2 Å². The van der Waals surface area contributed by atoms with Gasteiger partial charge in [-0.25, -0.2) is 4.39 Å². The molecule has 200 valence electrons. The number of hydrogen-bond donors (Lipinski definition) is 0. The lowest BCUT2D eigenvalue weighted by Crippen LogP contribution is -2.47. The Labute approximate surface area is 222 Å². The van der Waals surface area contributed by atoms with E-state index in [9.17, 15) is 22.4 Å². The number of nitrogens with zero attached hydrogens (tertiary/aromatic N) is 3. The van der Waals surface area contributed by atoms with Gasteiger partial charge in [0.1, 0.15) is 5.82 Å². The SMILES string of the molecule is Cl.Cl.O=C(CN1CCC(CCN2CCN(c3cccc(C(F)(F)F)c3)CC2)CC1)c1ccc(F)cc1. The number of Topliss-reactive ketones (excluding diaryl/α,β-unsaturated/α-hetero) is 1. The summed E-state index contributed by atoms with van der Waals surface area (Å²) in [6, 6.07) is 11.3. The van der Waals surface area contributed by atoms with Crippen LogP contribution in [0.5, 0.6) is 0 Å². The number of piperidine rings is 1. The number of carbonyl (C=O) groups excluding carboxylic acids is 1. The third-order valence-electron chi connectivity index (χ3n) is 7.01. The van der Waals surface area contributed by atoms with Crippen LogP contribution in [-0.2, 0) is 6.18 Å². The van der Waals surface area contributed by atoms with E-state index < -0.39 is 11.7 Å². The standard InChI is InChI=1S/C26H31F4N3O.2ClH/c27-23-6-4-21(5-7-23)25(34)19-32-12-9-20(10-13-32)8-11-31-14-16-33(17-15-31)24-3-1-2-22(18-24)26(28,29)30;;/h1-7,18,20H,8-17,19H2;2*1H. The van der Waals surface area contributed by atoms with Gasteiger partial charge >= 0.3 is 6.18 Å². The molecule has 0 spiro atoms. The molecule has 10 heteroatoms. The Morgan fingerprint density at radius 3 is 2.11 bits per heavy atom. The van der Waals surface area contributed by atoms with E-state index in [1.807, 2.05) is 4.90 Å². The number of anilines is 1. The molecule has 0 atom stereocenters. The van der Waals surface area contributed by atoms with Crippen LogP contribution in [0.1, 0.15) is 35.2 Å². The molecular weight excluding hydrogens is 517 g/mol. The predicted molar refractivity (Wildman–Crippen MR) is 139 cm³/mol. The second-order valence-corrected chi connectivity index (χ2v) is 9.32. The summed E-state index contributed by atoms with van der Waals surface area (Å²) < 4.78 is 52.0. The molecule has 2 aromatic carbocycles. The van der Waals surface area contributed by atoms with E-state index in [1.54, 1.807) is 6.07 Å². The molecule has 0 aromatic heterocycles. The van der Waals surface area contributed by atoms with Crippen molar-refractivity contribution in [2.24, 2.45) is 5.92 Å². The summed E-state index contributed by atoms with van der Waals surface area (Å²) in [5.74, 6) is 0.310. The normalized spacial score (nSPS) is 17.8. The maximum Gasteiger partial charge on any atom is 0.416 e. The predicted octanol–water partition coefficient (Wildman–Crippen LogP) is 5.80. The molecule has 0 aliphatic carbocycles. The smallest absolute Gasteiger partial charge is 0.369 e. The van der Waals surface area contributed by atoms with Crippen molar-refractivity contribution < 1.29 is 22.4 Å². The molecule has 2 heterocycles. The van der Waals surface area contributed by atoms with Crippen molar-refractivity contribution in [3.05, 3.63) is 65.5 Å². The number of likely N-dealkylation sites (tertiary alicyclic amines) is 1. The van der Waals surface area contributed by atoms with Gasteiger partial charge in [-0.3, -0.25) is 14.6 Å². The van der Waals surface area contributed by atoms with Crippen molar-refractivity contribution in [1.82, 2.24) is 9.80 Å². The van der Waals surface area contributed by atoms with Crippen molar-refractivity contribution in [3.8, 4) is 0 Å². The van der Waals surface area contributed by atoms with Crippen LogP contribution in [0.15, 0.2) is 48.5 Å². The second-order valence-electron chi connectivity index (χ2n) is 9.32. The highest BCUT2D eigenvalue weighted by atomic mass is 35.5. The zero-order valence-electron chi connectivity index (χ0n) is 20.1. The van der Waals surface area contributed by atoms with Gasteiger partial charge in [0.05, 0.1) is 12.1 Å². The van der Waals surface area contributed by atoms with Gasteiger partial charge in [0.15, 0.2) is 5.78 Å². The van der Waals surface area contributed by atoms with E-state index in [0.717, 1.165) is 71.1 Å². The Morgan fingerprint density at radius 1 is 0.861 bits per heavy atom. The second kappa shape index (κ2) is 13.6. The summed E-state index contributed by atoms with van der Waals surface area (Å²) in [7, 11) is 0. The minimum absolute atomic E-state index is 0. The van der Waals surface area contributed by atoms with Gasteiger partial charge in [-0.2, -0.15) is 13.2 Å². The molecular formula is C26H33Cl2F4N3O. The summed E-state index contributed by atoms with van der Waals surface area (Å²) in [4.78, 5) is 19.0. The number of halogens is 6. The van der Waals surface area contributed by atoms with Gasteiger partial charge < -0.3 is 4.90 Å². The van der Waals surface area contributed by atoms with Crippen molar-refractivity contribution in [1.29, 1.82) is 0 Å². The van der Waals surface area contributed by atoms with Crippen LogP contribution in [0.3, 0.4) is 0 Å². The average Bonchev–Trinajstić information content (AvgIpc) is 2.84. The first-order valence-corrected chi connectivity index (χ1v) is 11.9. The number of benzene rings is 2. The Hall–Kier alpha value is -1.87. The van der Waals surface area contributed by atoms with Crippen molar-refractivity contribution in [3.63, 3.8) is 0 Å². The van der Waals surface area contributed by atoms with E-state index in [1.165, 1.54) is 36.4 Å². The Bertz CT molecular complexity index is 958. The van der Waals surface area contributed by atoms with Crippen LogP contribution >= 0.6 is 24.8 Å². The zero-order chi connectivity index (χ0) is 24.1. The Balaban J connectivity index is 0.00000228. The average molecular weight is 550 g/mol. The van der Waals surface area contributed by atoms with Gasteiger partial charge in [0, 0.05) is 37.4 Å². The fraction of sp³-hybridized carbons (Fsp3) is 0.500. The molecule has 36 heavy (non-hydrogen) atoms. The third kappa shape index (κ3) is 8.33. The van der Waals surface area contributed by atoms with Crippen molar-refractivity contribution in [2.45, 2.75) is 25.4 Å². The topological polar surface area (TPSA) is 26.8 Å². The molecule has 0 saturated carbocycles. The molecule has 0 unspecified atom stereocenters. The highest BCUT2D eigenvalue weighted by Gasteiger charge is 2.31. The molecule has 2 aliphatic rings. The Kier molecular flexibility index (Phi) is 11.5. The summed E-state index contributed by atoms with van der Waals surface area (Å²) in [5, 5.41) is 0. The van der Waals surface area contributed by atoms with E-state index in [2.05, 4.69) is 9.80 Å². The first-order chi connectivity index (χ1) is 16.3. The first kappa shape index (κ1) is 30.4. The van der Waals surface area contributed by atoms with Gasteiger partial charge in [0.2, 0.25) is 0 Å². The summed E-state index contributed by atoms with van der Waals surface area (Å²) in [5.41, 5.74) is 0.586. The minimum Gasteiger partial charge on any atom is -0.369 e. The fourth-order valence-electron chi connectivity index (χ4n) is 4.84. The van der Waals surface area contributed by atoms with Crippen LogP contribution in [-0.4, -0.2) is 67.9 Å². The molecule has 4 nitrogen and oxygen atoms in total. The monoisotopic (exact) mass is 549 g/mol. The van der Waals surface area contributed by atoms with Crippen molar-refractivity contribution >= 4 is 36.3 Å². The van der Waals surface area contributed by atoms with Crippen molar-refractivity contribution in [2.75, 3.05) is 57.3 Å². The van der Waals surface area contributed by atoms with Gasteiger partial charge in [0.25, 0.3) is 0 Å². The quantitative estimate of drug-likeness (QED) is 0.322. The maximum absolute atomic E-state index is 13.0. The zero-order valence-corrected chi connectivity index (χ0v) is 21.7. The van der Waals surface area contributed by atoms with Crippen LogP contribution in [0, 0.1) is 11.7 Å². The van der Waals surface area contributed by atoms with Crippen LogP contribution in [0.25, 0.3) is 0 Å². The van der Waals surface area contributed by atoms with E-state index >= 15 is 0 Å². The molecule has 0 bridgehead atoms. The van der Waals surface area contributed by atoms with Gasteiger partial charge in [-0.15, -0.1) is 24.8 Å². The molecule has 0 radical (unpaired) electrons. The molecule has 0 N–H and O–H groups in total. The molecule has 2 fully saturated rings. The van der Waals surface area contributed by atoms with E-state index in [-0.39, 0.29) is 36.4 Å². The number of hydrogen-bond acceptors (Lipinski definition) is 4. The fourth-order valence-corrected chi connectivity index (χ4v) is 4.84.